The first-order chi connectivity index (χ1) is 15.2. The third kappa shape index (κ3) is 6.02. The molecule has 2 saturated heterocycles. The summed E-state index contributed by atoms with van der Waals surface area (Å²) in [4.78, 5) is 29.8. The van der Waals surface area contributed by atoms with E-state index in [4.69, 9.17) is 0 Å². The van der Waals surface area contributed by atoms with Gasteiger partial charge in [-0.2, -0.15) is 0 Å². The number of rotatable bonds is 7. The maximum absolute atomic E-state index is 12.4. The molecule has 0 saturated carbocycles. The summed E-state index contributed by atoms with van der Waals surface area (Å²) in [7, 11) is 0. The lowest BCUT2D eigenvalue weighted by Crippen LogP contribution is -2.46. The smallest absolute Gasteiger partial charge is 0.251 e. The minimum atomic E-state index is -0.210. The molecular weight excluding hydrogens is 386 g/mol. The van der Waals surface area contributed by atoms with Gasteiger partial charge in [0.2, 0.25) is 0 Å². The van der Waals surface area contributed by atoms with Gasteiger partial charge in [0, 0.05) is 23.7 Å². The van der Waals surface area contributed by atoms with Crippen molar-refractivity contribution in [2.24, 2.45) is 0 Å². The summed E-state index contributed by atoms with van der Waals surface area (Å²) in [5, 5.41) is 2.73. The highest BCUT2D eigenvalue weighted by atomic mass is 16.2. The Bertz CT molecular complexity index is 852. The van der Waals surface area contributed by atoms with E-state index < -0.39 is 0 Å². The third-order valence-corrected chi connectivity index (χ3v) is 6.59. The highest BCUT2D eigenvalue weighted by molar-refractivity contribution is 6.02. The molecule has 0 radical (unpaired) electrons. The van der Waals surface area contributed by atoms with Gasteiger partial charge in [0.15, 0.2) is 5.78 Å². The van der Waals surface area contributed by atoms with Crippen LogP contribution < -0.4 is 5.32 Å². The fourth-order valence-corrected chi connectivity index (χ4v) is 4.73. The molecule has 5 nitrogen and oxygen atoms in total. The van der Waals surface area contributed by atoms with Crippen LogP contribution in [0.25, 0.3) is 0 Å². The number of carbonyl (C=O) groups excluding carboxylic acids is 2. The molecule has 2 aliphatic rings. The van der Waals surface area contributed by atoms with E-state index in [9.17, 15) is 9.59 Å². The van der Waals surface area contributed by atoms with Crippen molar-refractivity contribution in [1.29, 1.82) is 0 Å². The molecule has 0 bridgehead atoms. The van der Waals surface area contributed by atoms with Crippen molar-refractivity contribution >= 4 is 11.7 Å². The van der Waals surface area contributed by atoms with Crippen molar-refractivity contribution < 1.29 is 9.59 Å². The summed E-state index contributed by atoms with van der Waals surface area (Å²) in [5.74, 6) is -0.295. The van der Waals surface area contributed by atoms with Crippen molar-refractivity contribution in [1.82, 2.24) is 15.1 Å². The van der Waals surface area contributed by atoms with Gasteiger partial charge in [-0.25, -0.2) is 0 Å². The van der Waals surface area contributed by atoms with Gasteiger partial charge in [0.25, 0.3) is 5.91 Å². The molecule has 0 unspecified atom stereocenters. The number of likely N-dealkylation sites (tertiary alicyclic amines) is 2. The van der Waals surface area contributed by atoms with Crippen LogP contribution in [0, 0.1) is 0 Å². The van der Waals surface area contributed by atoms with E-state index in [0.717, 1.165) is 25.7 Å². The molecule has 0 aromatic heterocycles. The van der Waals surface area contributed by atoms with Crippen LogP contribution in [-0.4, -0.2) is 60.3 Å². The number of piperidine rings is 2. The lowest BCUT2D eigenvalue weighted by Gasteiger charge is -2.40. The summed E-state index contributed by atoms with van der Waals surface area (Å²) in [5.41, 5.74) is 2.43. The van der Waals surface area contributed by atoms with E-state index in [1.54, 1.807) is 12.1 Å². The fraction of sp³-hybridized carbons (Fsp3) is 0.462. The van der Waals surface area contributed by atoms with Gasteiger partial charge in [-0.3, -0.25) is 14.5 Å². The third-order valence-electron chi connectivity index (χ3n) is 6.59. The Morgan fingerprint density at radius 3 is 2.16 bits per heavy atom. The van der Waals surface area contributed by atoms with Gasteiger partial charge in [0.1, 0.15) is 0 Å². The van der Waals surface area contributed by atoms with Crippen LogP contribution >= 0.6 is 0 Å². The molecule has 2 fully saturated rings. The standard InChI is InChI=1S/C26H33N3O2/c30-25(22-7-3-1-4-8-22)19-27-26(31)23-11-9-21(10-12-23)20-28-17-13-24(14-18-28)29-15-5-2-6-16-29/h1,3-4,7-12,24H,2,5-6,13-20H2,(H,27,31). The van der Waals surface area contributed by atoms with E-state index in [0.29, 0.717) is 11.1 Å². The Labute approximate surface area is 185 Å². The highest BCUT2D eigenvalue weighted by Crippen LogP contribution is 2.22. The number of Topliss-reactive ketones (excluding diaryl/α,β-unsaturated/α-hetero) is 1. The Morgan fingerprint density at radius 2 is 1.48 bits per heavy atom. The van der Waals surface area contributed by atoms with Crippen molar-refractivity contribution in [2.75, 3.05) is 32.7 Å². The topological polar surface area (TPSA) is 52.7 Å². The van der Waals surface area contributed by atoms with Gasteiger partial charge in [0.05, 0.1) is 6.54 Å². The summed E-state index contributed by atoms with van der Waals surface area (Å²) in [6.45, 7) is 5.80. The molecule has 0 aliphatic carbocycles. The van der Waals surface area contributed by atoms with Gasteiger partial charge in [-0.15, -0.1) is 0 Å². The van der Waals surface area contributed by atoms with Crippen molar-refractivity contribution in [3.05, 3.63) is 71.3 Å². The van der Waals surface area contributed by atoms with Crippen LogP contribution in [0.3, 0.4) is 0 Å². The predicted octanol–water partition coefficient (Wildman–Crippen LogP) is 3.75. The molecule has 1 N–H and O–H groups in total. The maximum Gasteiger partial charge on any atom is 0.251 e. The molecule has 0 atom stereocenters. The molecule has 4 rings (SSSR count). The van der Waals surface area contributed by atoms with E-state index in [-0.39, 0.29) is 18.2 Å². The zero-order valence-corrected chi connectivity index (χ0v) is 18.3. The molecule has 1 amide bonds. The van der Waals surface area contributed by atoms with Crippen LogP contribution in [0.1, 0.15) is 58.4 Å². The minimum Gasteiger partial charge on any atom is -0.345 e. The van der Waals surface area contributed by atoms with Crippen LogP contribution in [0.2, 0.25) is 0 Å². The molecule has 31 heavy (non-hydrogen) atoms. The zero-order valence-electron chi connectivity index (χ0n) is 18.3. The van der Waals surface area contributed by atoms with Crippen molar-refractivity contribution in [2.45, 2.75) is 44.7 Å². The van der Waals surface area contributed by atoms with Gasteiger partial charge < -0.3 is 10.2 Å². The summed E-state index contributed by atoms with van der Waals surface area (Å²) in [6, 6.07) is 17.6. The lowest BCUT2D eigenvalue weighted by atomic mass is 9.99. The normalized spacial score (nSPS) is 18.6. The molecule has 2 aromatic rings. The Hall–Kier alpha value is -2.50. The molecule has 2 aromatic carbocycles. The van der Waals surface area contributed by atoms with Gasteiger partial charge in [-0.1, -0.05) is 48.9 Å². The predicted molar refractivity (Wildman–Crippen MR) is 123 cm³/mol. The van der Waals surface area contributed by atoms with Gasteiger partial charge in [-0.05, 0) is 69.6 Å². The second kappa shape index (κ2) is 10.7. The Kier molecular flexibility index (Phi) is 7.49. The molecule has 5 heteroatoms. The van der Waals surface area contributed by atoms with Gasteiger partial charge >= 0.3 is 0 Å². The maximum atomic E-state index is 12.4. The fourth-order valence-electron chi connectivity index (χ4n) is 4.73. The van der Waals surface area contributed by atoms with Crippen LogP contribution in [0.5, 0.6) is 0 Å². The summed E-state index contributed by atoms with van der Waals surface area (Å²) in [6.07, 6.45) is 6.64. The summed E-state index contributed by atoms with van der Waals surface area (Å²) >= 11 is 0. The number of nitrogens with one attached hydrogen (secondary N) is 1. The minimum absolute atomic E-state index is 0.0105. The lowest BCUT2D eigenvalue weighted by molar-refractivity contribution is 0.0895. The second-order valence-electron chi connectivity index (χ2n) is 8.77. The van der Waals surface area contributed by atoms with Crippen molar-refractivity contribution in [3.8, 4) is 0 Å². The van der Waals surface area contributed by atoms with E-state index in [1.807, 2.05) is 42.5 Å². The second-order valence-corrected chi connectivity index (χ2v) is 8.77. The molecular formula is C26H33N3O2. The number of nitrogens with zero attached hydrogens (tertiary/aromatic N) is 2. The number of amides is 1. The average Bonchev–Trinajstić information content (AvgIpc) is 2.84. The molecule has 0 spiro atoms. The quantitative estimate of drug-likeness (QED) is 0.695. The van der Waals surface area contributed by atoms with E-state index >= 15 is 0 Å². The first-order valence-corrected chi connectivity index (χ1v) is 11.6. The molecule has 2 heterocycles. The SMILES string of the molecule is O=C(CNC(=O)c1ccc(CN2CCC(N3CCCCC3)CC2)cc1)c1ccccc1. The number of ketones is 1. The molecule has 2 aliphatic heterocycles. The average molecular weight is 420 g/mol. The first kappa shape index (κ1) is 21.7. The first-order valence-electron chi connectivity index (χ1n) is 11.6. The summed E-state index contributed by atoms with van der Waals surface area (Å²) < 4.78 is 0. The highest BCUT2D eigenvalue weighted by Gasteiger charge is 2.25. The number of carbonyl (C=O) groups is 2. The van der Waals surface area contributed by atoms with Crippen LogP contribution in [-0.2, 0) is 6.54 Å². The van der Waals surface area contributed by atoms with E-state index in [1.165, 1.54) is 50.8 Å². The van der Waals surface area contributed by atoms with E-state index in [2.05, 4.69) is 15.1 Å². The van der Waals surface area contributed by atoms with Crippen LogP contribution in [0.4, 0.5) is 0 Å². The molecule has 164 valence electrons. The Balaban J connectivity index is 1.22. The van der Waals surface area contributed by atoms with Crippen molar-refractivity contribution in [3.63, 3.8) is 0 Å². The van der Waals surface area contributed by atoms with Crippen LogP contribution in [0.15, 0.2) is 54.6 Å². The monoisotopic (exact) mass is 419 g/mol. The number of hydrogen-bond acceptors (Lipinski definition) is 4. The Morgan fingerprint density at radius 1 is 0.806 bits per heavy atom. The number of benzene rings is 2. The zero-order chi connectivity index (χ0) is 21.5. The number of hydrogen-bond donors (Lipinski definition) is 1. The largest absolute Gasteiger partial charge is 0.345 e.